The molecule has 3 aliphatic carbocycles. The lowest BCUT2D eigenvalue weighted by Gasteiger charge is -2.33. The van der Waals surface area contributed by atoms with Crippen LogP contribution in [0.3, 0.4) is 0 Å². The van der Waals surface area contributed by atoms with Gasteiger partial charge in [-0.3, -0.25) is 4.79 Å². The summed E-state index contributed by atoms with van der Waals surface area (Å²) in [5, 5.41) is 15.4. The molecule has 3 rings (SSSR count). The van der Waals surface area contributed by atoms with E-state index in [2.05, 4.69) is 10.6 Å². The van der Waals surface area contributed by atoms with Gasteiger partial charge in [-0.15, -0.1) is 0 Å². The van der Waals surface area contributed by atoms with E-state index in [1.165, 1.54) is 19.3 Å². The van der Waals surface area contributed by atoms with E-state index in [1.54, 1.807) is 0 Å². The van der Waals surface area contributed by atoms with Crippen LogP contribution in [0, 0.1) is 17.3 Å². The summed E-state index contributed by atoms with van der Waals surface area (Å²) in [7, 11) is 0. The van der Waals surface area contributed by atoms with E-state index in [4.69, 9.17) is 0 Å². The number of nitrogens with one attached hydrogen (secondary N) is 2. The molecule has 5 nitrogen and oxygen atoms in total. The summed E-state index contributed by atoms with van der Waals surface area (Å²) in [6, 6.07) is 0.120. The normalized spacial score (nSPS) is 33.6. The fourth-order valence-corrected chi connectivity index (χ4v) is 4.59. The van der Waals surface area contributed by atoms with Crippen LogP contribution in [0.15, 0.2) is 0 Å². The molecule has 3 fully saturated rings. The predicted octanol–water partition coefficient (Wildman–Crippen LogP) is 2.51. The Balaban J connectivity index is 1.49. The van der Waals surface area contributed by atoms with Crippen molar-refractivity contribution in [1.29, 1.82) is 0 Å². The zero-order valence-corrected chi connectivity index (χ0v) is 12.6. The van der Waals surface area contributed by atoms with E-state index in [1.807, 2.05) is 0 Å². The number of carboxylic acid groups (broad SMARTS) is 1. The van der Waals surface area contributed by atoms with Crippen molar-refractivity contribution < 1.29 is 14.7 Å². The van der Waals surface area contributed by atoms with Crippen molar-refractivity contribution in [2.24, 2.45) is 17.3 Å². The molecule has 0 radical (unpaired) electrons. The van der Waals surface area contributed by atoms with E-state index in [9.17, 15) is 14.7 Å². The van der Waals surface area contributed by atoms with Gasteiger partial charge in [0.1, 0.15) is 0 Å². The van der Waals surface area contributed by atoms with E-state index in [0.29, 0.717) is 24.8 Å². The van der Waals surface area contributed by atoms with Gasteiger partial charge < -0.3 is 15.7 Å². The van der Waals surface area contributed by atoms with Crippen molar-refractivity contribution in [3.63, 3.8) is 0 Å². The molecule has 2 amide bonds. The van der Waals surface area contributed by atoms with Crippen molar-refractivity contribution in [2.75, 3.05) is 6.54 Å². The van der Waals surface area contributed by atoms with Gasteiger partial charge in [-0.2, -0.15) is 0 Å². The number of urea groups is 1. The molecule has 3 atom stereocenters. The number of hydrogen-bond acceptors (Lipinski definition) is 2. The molecule has 21 heavy (non-hydrogen) atoms. The Morgan fingerprint density at radius 2 is 1.86 bits per heavy atom. The second kappa shape index (κ2) is 5.85. The third kappa shape index (κ3) is 3.01. The average molecular weight is 294 g/mol. The molecule has 5 heteroatoms. The molecule has 3 unspecified atom stereocenters. The minimum Gasteiger partial charge on any atom is -0.481 e. The Morgan fingerprint density at radius 1 is 1.10 bits per heavy atom. The minimum atomic E-state index is -0.762. The highest BCUT2D eigenvalue weighted by atomic mass is 16.4. The van der Waals surface area contributed by atoms with Gasteiger partial charge in [-0.1, -0.05) is 25.7 Å². The van der Waals surface area contributed by atoms with Gasteiger partial charge in [-0.25, -0.2) is 4.79 Å². The zero-order chi connectivity index (χ0) is 14.9. The highest BCUT2D eigenvalue weighted by molar-refractivity contribution is 5.78. The number of carbonyl (C=O) groups excluding carboxylic acids is 1. The maximum Gasteiger partial charge on any atom is 0.315 e. The first-order valence-electron chi connectivity index (χ1n) is 8.37. The molecular formula is C16H26N2O3. The lowest BCUT2D eigenvalue weighted by Crippen LogP contribution is -2.50. The smallest absolute Gasteiger partial charge is 0.315 e. The summed E-state index contributed by atoms with van der Waals surface area (Å²) in [5.74, 6) is 0.676. The van der Waals surface area contributed by atoms with Crippen molar-refractivity contribution in [3.05, 3.63) is 0 Å². The van der Waals surface area contributed by atoms with Gasteiger partial charge in [0.15, 0.2) is 0 Å². The third-order valence-electron chi connectivity index (χ3n) is 5.91. The Kier molecular flexibility index (Phi) is 4.09. The van der Waals surface area contributed by atoms with Gasteiger partial charge in [0, 0.05) is 12.6 Å². The number of amides is 2. The Hall–Kier alpha value is -1.26. The Bertz CT molecular complexity index is 418. The van der Waals surface area contributed by atoms with E-state index < -0.39 is 11.4 Å². The summed E-state index contributed by atoms with van der Waals surface area (Å²) in [6.45, 7) is 0.259. The molecule has 0 aliphatic heterocycles. The summed E-state index contributed by atoms with van der Waals surface area (Å²) >= 11 is 0. The van der Waals surface area contributed by atoms with E-state index in [0.717, 1.165) is 31.6 Å². The summed E-state index contributed by atoms with van der Waals surface area (Å²) in [5.41, 5.74) is -0.746. The number of carbonyl (C=O) groups is 2. The van der Waals surface area contributed by atoms with Crippen molar-refractivity contribution in [3.8, 4) is 0 Å². The molecule has 0 saturated heterocycles. The Morgan fingerprint density at radius 3 is 2.43 bits per heavy atom. The molecular weight excluding hydrogens is 268 g/mol. The molecule has 3 N–H and O–H groups in total. The topological polar surface area (TPSA) is 78.4 Å². The van der Waals surface area contributed by atoms with Crippen LogP contribution in [-0.2, 0) is 4.79 Å². The molecule has 0 aromatic rings. The number of fused-ring (bicyclic) bond motifs is 2. The van der Waals surface area contributed by atoms with Crippen molar-refractivity contribution in [2.45, 2.75) is 63.8 Å². The summed E-state index contributed by atoms with van der Waals surface area (Å²) in [6.07, 6.45) is 9.25. The highest BCUT2D eigenvalue weighted by Gasteiger charge is 2.42. The second-order valence-corrected chi connectivity index (χ2v) is 7.25. The quantitative estimate of drug-likeness (QED) is 0.745. The number of rotatable bonds is 4. The SMILES string of the molecule is O=C(NCC1(C(=O)O)CCCCC1)NC1CC2CCC1C2. The van der Waals surface area contributed by atoms with Gasteiger partial charge in [-0.05, 0) is 43.9 Å². The number of carboxylic acids is 1. The van der Waals surface area contributed by atoms with Crippen LogP contribution in [0.5, 0.6) is 0 Å². The van der Waals surface area contributed by atoms with Gasteiger partial charge >= 0.3 is 12.0 Å². The monoisotopic (exact) mass is 294 g/mol. The predicted molar refractivity (Wildman–Crippen MR) is 78.9 cm³/mol. The molecule has 0 aromatic carbocycles. The Labute approximate surface area is 125 Å². The number of hydrogen-bond donors (Lipinski definition) is 3. The third-order valence-corrected chi connectivity index (χ3v) is 5.91. The highest BCUT2D eigenvalue weighted by Crippen LogP contribution is 2.44. The minimum absolute atomic E-state index is 0.182. The lowest BCUT2D eigenvalue weighted by atomic mass is 9.74. The summed E-state index contributed by atoms with van der Waals surface area (Å²) in [4.78, 5) is 23.6. The van der Waals surface area contributed by atoms with Crippen LogP contribution in [0.2, 0.25) is 0 Å². The molecule has 118 valence electrons. The second-order valence-electron chi connectivity index (χ2n) is 7.25. The van der Waals surface area contributed by atoms with Crippen LogP contribution in [-0.4, -0.2) is 29.7 Å². The molecule has 2 bridgehead atoms. The van der Waals surface area contributed by atoms with Crippen LogP contribution >= 0.6 is 0 Å². The molecule has 0 aromatic heterocycles. The van der Waals surface area contributed by atoms with E-state index in [-0.39, 0.29) is 12.6 Å². The van der Waals surface area contributed by atoms with Crippen molar-refractivity contribution in [1.82, 2.24) is 10.6 Å². The number of aliphatic carboxylic acids is 1. The van der Waals surface area contributed by atoms with Gasteiger partial charge in [0.25, 0.3) is 0 Å². The van der Waals surface area contributed by atoms with Crippen molar-refractivity contribution >= 4 is 12.0 Å². The maximum absolute atomic E-state index is 12.1. The van der Waals surface area contributed by atoms with Crippen LogP contribution in [0.1, 0.15) is 57.8 Å². The standard InChI is InChI=1S/C16H26N2O3/c19-14(20)16(6-2-1-3-7-16)10-17-15(21)18-13-9-11-4-5-12(13)8-11/h11-13H,1-10H2,(H,19,20)(H2,17,18,21). The zero-order valence-electron chi connectivity index (χ0n) is 12.6. The molecule has 3 saturated carbocycles. The van der Waals surface area contributed by atoms with Crippen LogP contribution in [0.4, 0.5) is 4.79 Å². The molecule has 3 aliphatic rings. The fraction of sp³-hybridized carbons (Fsp3) is 0.875. The fourth-order valence-electron chi connectivity index (χ4n) is 4.59. The molecule has 0 spiro atoms. The first kappa shape index (κ1) is 14.7. The van der Waals surface area contributed by atoms with Gasteiger partial charge in [0.2, 0.25) is 0 Å². The maximum atomic E-state index is 12.1. The van der Waals surface area contributed by atoms with Crippen LogP contribution in [0.25, 0.3) is 0 Å². The summed E-state index contributed by atoms with van der Waals surface area (Å²) < 4.78 is 0. The van der Waals surface area contributed by atoms with Crippen LogP contribution < -0.4 is 10.6 Å². The lowest BCUT2D eigenvalue weighted by molar-refractivity contribution is -0.150. The molecule has 0 heterocycles. The first-order valence-corrected chi connectivity index (χ1v) is 8.37. The average Bonchev–Trinajstić information content (AvgIpc) is 3.08. The first-order chi connectivity index (χ1) is 10.1. The van der Waals surface area contributed by atoms with E-state index >= 15 is 0 Å². The largest absolute Gasteiger partial charge is 0.481 e. The van der Waals surface area contributed by atoms with Gasteiger partial charge in [0.05, 0.1) is 5.41 Å².